The van der Waals surface area contributed by atoms with Crippen LogP contribution in [-0.2, 0) is 25.7 Å². The minimum absolute atomic E-state index is 0.144. The number of carbonyl (C=O) groups excluding carboxylic acids is 1. The van der Waals surface area contributed by atoms with Gasteiger partial charge in [-0.3, -0.25) is 9.69 Å². The molecule has 0 atom stereocenters. The Morgan fingerprint density at radius 1 is 1.28 bits per heavy atom. The summed E-state index contributed by atoms with van der Waals surface area (Å²) in [6.07, 6.45) is -3.85. The Balaban J connectivity index is 1.73. The van der Waals surface area contributed by atoms with Crippen molar-refractivity contribution in [1.29, 1.82) is 0 Å². The van der Waals surface area contributed by atoms with Crippen LogP contribution >= 0.6 is 11.6 Å². The minimum Gasteiger partial charge on any atom is -0.350 e. The summed E-state index contributed by atoms with van der Waals surface area (Å²) < 4.78 is 39.9. The van der Waals surface area contributed by atoms with E-state index in [-0.39, 0.29) is 23.0 Å². The molecule has 29 heavy (non-hydrogen) atoms. The van der Waals surface area contributed by atoms with Gasteiger partial charge in [0.1, 0.15) is 5.69 Å². The van der Waals surface area contributed by atoms with Crippen LogP contribution in [0.3, 0.4) is 0 Å². The third kappa shape index (κ3) is 5.48. The van der Waals surface area contributed by atoms with E-state index >= 15 is 0 Å². The minimum atomic E-state index is -4.42. The van der Waals surface area contributed by atoms with Crippen LogP contribution in [0.2, 0.25) is 5.02 Å². The van der Waals surface area contributed by atoms with Crippen LogP contribution in [0.5, 0.6) is 0 Å². The van der Waals surface area contributed by atoms with Crippen molar-refractivity contribution in [3.63, 3.8) is 0 Å². The van der Waals surface area contributed by atoms with Crippen molar-refractivity contribution < 1.29 is 18.0 Å². The quantitative estimate of drug-likeness (QED) is 0.755. The molecule has 1 N–H and O–H groups in total. The molecule has 0 radical (unpaired) electrons. The van der Waals surface area contributed by atoms with Gasteiger partial charge in [0.2, 0.25) is 0 Å². The average Bonchev–Trinajstić information content (AvgIpc) is 2.64. The van der Waals surface area contributed by atoms with Crippen LogP contribution in [0.15, 0.2) is 30.3 Å². The molecule has 0 bridgehead atoms. The number of nitrogens with one attached hydrogen (secondary N) is 1. The van der Waals surface area contributed by atoms with Gasteiger partial charge in [-0.2, -0.15) is 13.2 Å². The first-order chi connectivity index (χ1) is 13.6. The Bertz CT molecular complexity index is 899. The van der Waals surface area contributed by atoms with E-state index in [2.05, 4.69) is 10.3 Å². The standard InChI is InChI=1S/C21H23ClF3N3O/c1-13(2)10-26-20(29)19-6-3-14-11-28(8-7-18(14)27-19)12-15-9-16(22)4-5-17(15)21(23,24)25/h3-6,9,13H,7-8,10-12H2,1-2H3,(H,26,29). The number of carbonyl (C=O) groups is 1. The third-order valence-electron chi connectivity index (χ3n) is 4.80. The molecule has 1 amide bonds. The van der Waals surface area contributed by atoms with Crippen molar-refractivity contribution in [2.75, 3.05) is 13.1 Å². The van der Waals surface area contributed by atoms with Crippen LogP contribution in [0.1, 0.15) is 46.7 Å². The third-order valence-corrected chi connectivity index (χ3v) is 5.03. The molecule has 0 fully saturated rings. The predicted molar refractivity (Wildman–Crippen MR) is 106 cm³/mol. The molecule has 0 saturated carbocycles. The molecule has 1 aromatic heterocycles. The SMILES string of the molecule is CC(C)CNC(=O)c1ccc2c(n1)CCN(Cc1cc(Cl)ccc1C(F)(F)F)C2. The van der Waals surface area contributed by atoms with Gasteiger partial charge in [-0.25, -0.2) is 4.98 Å². The lowest BCUT2D eigenvalue weighted by atomic mass is 10.0. The van der Waals surface area contributed by atoms with Gasteiger partial charge in [-0.05, 0) is 41.3 Å². The number of hydrogen-bond acceptors (Lipinski definition) is 3. The monoisotopic (exact) mass is 425 g/mol. The number of benzene rings is 1. The fourth-order valence-electron chi connectivity index (χ4n) is 3.33. The van der Waals surface area contributed by atoms with E-state index in [1.807, 2.05) is 24.8 Å². The highest BCUT2D eigenvalue weighted by Crippen LogP contribution is 2.34. The first-order valence-electron chi connectivity index (χ1n) is 9.48. The molecule has 4 nitrogen and oxygen atoms in total. The van der Waals surface area contributed by atoms with Crippen molar-refractivity contribution >= 4 is 17.5 Å². The number of nitrogens with zero attached hydrogens (tertiary/aromatic N) is 2. The van der Waals surface area contributed by atoms with Gasteiger partial charge in [0.25, 0.3) is 5.91 Å². The second-order valence-corrected chi connectivity index (χ2v) is 8.10. The molecule has 0 saturated heterocycles. The summed E-state index contributed by atoms with van der Waals surface area (Å²) in [5.41, 5.74) is 1.61. The molecule has 156 valence electrons. The molecule has 3 rings (SSSR count). The number of fused-ring (bicyclic) bond motifs is 1. The highest BCUT2D eigenvalue weighted by Gasteiger charge is 2.34. The Morgan fingerprint density at radius 2 is 2.03 bits per heavy atom. The van der Waals surface area contributed by atoms with Crippen molar-refractivity contribution in [1.82, 2.24) is 15.2 Å². The second kappa shape index (κ2) is 8.71. The van der Waals surface area contributed by atoms with Gasteiger partial charge in [-0.1, -0.05) is 31.5 Å². The van der Waals surface area contributed by atoms with Crippen LogP contribution in [0, 0.1) is 5.92 Å². The largest absolute Gasteiger partial charge is 0.416 e. The zero-order chi connectivity index (χ0) is 21.2. The van der Waals surface area contributed by atoms with E-state index in [0.29, 0.717) is 37.7 Å². The fourth-order valence-corrected chi connectivity index (χ4v) is 3.53. The number of rotatable bonds is 5. The molecule has 2 heterocycles. The summed E-state index contributed by atoms with van der Waals surface area (Å²) in [6, 6.07) is 7.16. The topological polar surface area (TPSA) is 45.2 Å². The van der Waals surface area contributed by atoms with E-state index in [1.54, 1.807) is 6.07 Å². The lowest BCUT2D eigenvalue weighted by Gasteiger charge is -2.29. The van der Waals surface area contributed by atoms with Gasteiger partial charge >= 0.3 is 6.18 Å². The first kappa shape index (κ1) is 21.6. The van der Waals surface area contributed by atoms with Crippen molar-refractivity contribution in [2.45, 2.75) is 39.5 Å². The molecule has 0 spiro atoms. The molecule has 1 aliphatic heterocycles. The lowest BCUT2D eigenvalue weighted by Crippen LogP contribution is -2.33. The maximum atomic E-state index is 13.3. The number of pyridine rings is 1. The van der Waals surface area contributed by atoms with Crippen molar-refractivity contribution in [3.8, 4) is 0 Å². The maximum Gasteiger partial charge on any atom is 0.416 e. The zero-order valence-electron chi connectivity index (χ0n) is 16.3. The molecular formula is C21H23ClF3N3O. The number of alkyl halides is 3. The van der Waals surface area contributed by atoms with E-state index in [4.69, 9.17) is 11.6 Å². The van der Waals surface area contributed by atoms with E-state index in [0.717, 1.165) is 17.3 Å². The van der Waals surface area contributed by atoms with Gasteiger partial charge < -0.3 is 5.32 Å². The van der Waals surface area contributed by atoms with Crippen LogP contribution in [-0.4, -0.2) is 28.9 Å². The van der Waals surface area contributed by atoms with Gasteiger partial charge in [0.05, 0.1) is 5.56 Å². The Morgan fingerprint density at radius 3 is 2.72 bits per heavy atom. The highest BCUT2D eigenvalue weighted by atomic mass is 35.5. The second-order valence-electron chi connectivity index (χ2n) is 7.67. The van der Waals surface area contributed by atoms with Gasteiger partial charge in [0.15, 0.2) is 0 Å². The molecule has 0 aliphatic carbocycles. The molecule has 0 unspecified atom stereocenters. The van der Waals surface area contributed by atoms with E-state index in [1.165, 1.54) is 12.1 Å². The first-order valence-corrected chi connectivity index (χ1v) is 9.86. The summed E-state index contributed by atoms with van der Waals surface area (Å²) >= 11 is 5.92. The number of aromatic nitrogens is 1. The fraction of sp³-hybridized carbons (Fsp3) is 0.429. The molecule has 8 heteroatoms. The molecular weight excluding hydrogens is 403 g/mol. The molecule has 1 aromatic carbocycles. The number of halogens is 4. The van der Waals surface area contributed by atoms with Crippen molar-refractivity contribution in [2.24, 2.45) is 5.92 Å². The number of hydrogen-bond donors (Lipinski definition) is 1. The van der Waals surface area contributed by atoms with E-state index in [9.17, 15) is 18.0 Å². The zero-order valence-corrected chi connectivity index (χ0v) is 17.1. The van der Waals surface area contributed by atoms with E-state index < -0.39 is 11.7 Å². The van der Waals surface area contributed by atoms with Crippen LogP contribution in [0.4, 0.5) is 13.2 Å². The Kier molecular flexibility index (Phi) is 6.49. The summed E-state index contributed by atoms with van der Waals surface area (Å²) in [7, 11) is 0. The summed E-state index contributed by atoms with van der Waals surface area (Å²) in [5.74, 6) is 0.135. The average molecular weight is 426 g/mol. The summed E-state index contributed by atoms with van der Waals surface area (Å²) in [5, 5.41) is 3.12. The summed E-state index contributed by atoms with van der Waals surface area (Å²) in [4.78, 5) is 18.6. The van der Waals surface area contributed by atoms with Crippen LogP contribution in [0.25, 0.3) is 0 Å². The van der Waals surface area contributed by atoms with Gasteiger partial charge in [-0.15, -0.1) is 0 Å². The molecule has 2 aromatic rings. The summed E-state index contributed by atoms with van der Waals surface area (Å²) in [6.45, 7) is 5.78. The number of amides is 1. The Hall–Kier alpha value is -2.12. The van der Waals surface area contributed by atoms with Crippen molar-refractivity contribution in [3.05, 3.63) is 63.4 Å². The Labute approximate surface area is 173 Å². The van der Waals surface area contributed by atoms with Gasteiger partial charge in [0, 0.05) is 43.3 Å². The lowest BCUT2D eigenvalue weighted by molar-refractivity contribution is -0.138. The predicted octanol–water partition coefficient (Wildman–Crippen LogP) is 4.70. The normalized spacial score (nSPS) is 14.7. The maximum absolute atomic E-state index is 13.3. The highest BCUT2D eigenvalue weighted by molar-refractivity contribution is 6.30. The molecule has 1 aliphatic rings. The van der Waals surface area contributed by atoms with Crippen LogP contribution < -0.4 is 5.32 Å². The smallest absolute Gasteiger partial charge is 0.350 e.